The van der Waals surface area contributed by atoms with Crippen LogP contribution >= 0.6 is 0 Å². The lowest BCUT2D eigenvalue weighted by molar-refractivity contribution is 0.0366. The first-order valence-corrected chi connectivity index (χ1v) is 7.81. The molecule has 1 fully saturated rings. The van der Waals surface area contributed by atoms with Gasteiger partial charge in [0.2, 0.25) is 0 Å². The third-order valence-corrected chi connectivity index (χ3v) is 4.05. The van der Waals surface area contributed by atoms with Gasteiger partial charge in [0.15, 0.2) is 0 Å². The summed E-state index contributed by atoms with van der Waals surface area (Å²) in [5.74, 6) is 0.783. The van der Waals surface area contributed by atoms with Gasteiger partial charge in [-0.2, -0.15) is 0 Å². The number of nitrogens with two attached hydrogens (primary N) is 1. The second-order valence-corrected chi connectivity index (χ2v) is 6.82. The zero-order valence-electron chi connectivity index (χ0n) is 13.2. The van der Waals surface area contributed by atoms with Crippen LogP contribution in [0.2, 0.25) is 0 Å². The molecule has 4 nitrogen and oxygen atoms in total. The summed E-state index contributed by atoms with van der Waals surface area (Å²) in [6, 6.07) is 7.71. The van der Waals surface area contributed by atoms with Crippen molar-refractivity contribution in [3.8, 4) is 5.75 Å². The smallest absolute Gasteiger partial charge is 0.119 e. The fourth-order valence-electron chi connectivity index (χ4n) is 2.97. The van der Waals surface area contributed by atoms with Crippen molar-refractivity contribution in [3.63, 3.8) is 0 Å². The molecule has 1 unspecified atom stereocenters. The Hall–Kier alpha value is -1.10. The van der Waals surface area contributed by atoms with Gasteiger partial charge in [0, 0.05) is 19.6 Å². The monoisotopic (exact) mass is 292 g/mol. The van der Waals surface area contributed by atoms with Gasteiger partial charge in [0.1, 0.15) is 18.5 Å². The Balaban J connectivity index is 1.75. The van der Waals surface area contributed by atoms with Crippen molar-refractivity contribution in [2.75, 3.05) is 26.2 Å². The number of piperidine rings is 1. The number of rotatable bonds is 6. The molecule has 1 aliphatic heterocycles. The molecule has 0 bridgehead atoms. The number of β-amino-alcohol motifs (C(OH)–C–C–N with tert-alkyl or cyclic N) is 1. The molecule has 3 N–H and O–H groups in total. The summed E-state index contributed by atoms with van der Waals surface area (Å²) in [5, 5.41) is 10.1. The summed E-state index contributed by atoms with van der Waals surface area (Å²) in [5.41, 5.74) is 7.00. The SMILES string of the molecule is CC1(C)CCCN(CC(O)COc2ccc(CN)cc2)C1. The maximum absolute atomic E-state index is 10.1. The highest BCUT2D eigenvalue weighted by molar-refractivity contribution is 5.27. The predicted octanol–water partition coefficient (Wildman–Crippen LogP) is 2.01. The molecule has 118 valence electrons. The number of nitrogens with zero attached hydrogens (tertiary/aromatic N) is 1. The van der Waals surface area contributed by atoms with Crippen LogP contribution in [0.4, 0.5) is 0 Å². The van der Waals surface area contributed by atoms with Crippen LogP contribution in [0.1, 0.15) is 32.3 Å². The number of ether oxygens (including phenoxy) is 1. The van der Waals surface area contributed by atoms with E-state index in [1.807, 2.05) is 24.3 Å². The molecule has 1 aromatic rings. The van der Waals surface area contributed by atoms with Crippen LogP contribution in [0.15, 0.2) is 24.3 Å². The number of likely N-dealkylation sites (tertiary alicyclic amines) is 1. The standard InChI is InChI=1S/C17H28N2O2/c1-17(2)8-3-9-19(13-17)11-15(20)12-21-16-6-4-14(10-18)5-7-16/h4-7,15,20H,3,8-13,18H2,1-2H3. The van der Waals surface area contributed by atoms with Crippen molar-refractivity contribution in [3.05, 3.63) is 29.8 Å². The molecule has 2 rings (SSSR count). The fourth-order valence-corrected chi connectivity index (χ4v) is 2.97. The molecule has 1 saturated heterocycles. The lowest BCUT2D eigenvalue weighted by atomic mass is 9.84. The first-order chi connectivity index (χ1) is 9.98. The zero-order chi connectivity index (χ0) is 15.3. The van der Waals surface area contributed by atoms with Gasteiger partial charge >= 0.3 is 0 Å². The molecule has 0 aromatic heterocycles. The first-order valence-electron chi connectivity index (χ1n) is 7.81. The van der Waals surface area contributed by atoms with Crippen LogP contribution in [0.3, 0.4) is 0 Å². The normalized spacial score (nSPS) is 20.2. The summed E-state index contributed by atoms with van der Waals surface area (Å²) in [6.07, 6.45) is 2.03. The summed E-state index contributed by atoms with van der Waals surface area (Å²) >= 11 is 0. The average Bonchev–Trinajstić information content (AvgIpc) is 2.44. The molecule has 4 heteroatoms. The minimum atomic E-state index is -0.451. The molecule has 1 heterocycles. The topological polar surface area (TPSA) is 58.7 Å². The largest absolute Gasteiger partial charge is 0.491 e. The molecule has 0 amide bonds. The highest BCUT2D eigenvalue weighted by Crippen LogP contribution is 2.28. The van der Waals surface area contributed by atoms with Crippen LogP contribution in [0, 0.1) is 5.41 Å². The minimum absolute atomic E-state index is 0.332. The Morgan fingerprint density at radius 3 is 2.67 bits per heavy atom. The van der Waals surface area contributed by atoms with Crippen molar-refractivity contribution >= 4 is 0 Å². The molecule has 1 aromatic carbocycles. The zero-order valence-corrected chi connectivity index (χ0v) is 13.2. The van der Waals surface area contributed by atoms with Gasteiger partial charge < -0.3 is 20.5 Å². The summed E-state index contributed by atoms with van der Waals surface area (Å²) < 4.78 is 5.64. The van der Waals surface area contributed by atoms with E-state index in [9.17, 15) is 5.11 Å². The Morgan fingerprint density at radius 1 is 1.33 bits per heavy atom. The van der Waals surface area contributed by atoms with Gasteiger partial charge in [-0.1, -0.05) is 26.0 Å². The van der Waals surface area contributed by atoms with E-state index in [0.717, 1.165) is 24.4 Å². The quantitative estimate of drug-likeness (QED) is 0.842. The summed E-state index contributed by atoms with van der Waals surface area (Å²) in [7, 11) is 0. The third kappa shape index (κ3) is 5.30. The molecule has 0 radical (unpaired) electrons. The van der Waals surface area contributed by atoms with E-state index < -0.39 is 6.10 Å². The molecular weight excluding hydrogens is 264 g/mol. The number of aliphatic hydroxyl groups excluding tert-OH is 1. The van der Waals surface area contributed by atoms with Crippen LogP contribution < -0.4 is 10.5 Å². The third-order valence-electron chi connectivity index (χ3n) is 4.05. The van der Waals surface area contributed by atoms with Gasteiger partial charge in [-0.3, -0.25) is 0 Å². The van der Waals surface area contributed by atoms with E-state index in [-0.39, 0.29) is 0 Å². The van der Waals surface area contributed by atoms with Crippen LogP contribution in [0.25, 0.3) is 0 Å². The average molecular weight is 292 g/mol. The second kappa shape index (κ2) is 7.25. The first kappa shape index (κ1) is 16.3. The fraction of sp³-hybridized carbons (Fsp3) is 0.647. The Bertz CT molecular complexity index is 431. The Kier molecular flexibility index (Phi) is 5.62. The van der Waals surface area contributed by atoms with E-state index in [2.05, 4.69) is 18.7 Å². The van der Waals surface area contributed by atoms with E-state index in [1.54, 1.807) is 0 Å². The molecule has 0 saturated carbocycles. The van der Waals surface area contributed by atoms with Crippen molar-refractivity contribution in [1.82, 2.24) is 4.90 Å². The Labute approximate surface area is 127 Å². The van der Waals surface area contributed by atoms with Gasteiger partial charge in [-0.25, -0.2) is 0 Å². The number of hydrogen-bond acceptors (Lipinski definition) is 4. The number of hydrogen-bond donors (Lipinski definition) is 2. The number of aliphatic hydroxyl groups is 1. The molecular formula is C17H28N2O2. The highest BCUT2D eigenvalue weighted by atomic mass is 16.5. The lowest BCUT2D eigenvalue weighted by Crippen LogP contribution is -2.44. The number of benzene rings is 1. The van der Waals surface area contributed by atoms with Crippen LogP contribution in [-0.4, -0.2) is 42.4 Å². The summed E-state index contributed by atoms with van der Waals surface area (Å²) in [4.78, 5) is 2.34. The van der Waals surface area contributed by atoms with E-state index in [1.165, 1.54) is 12.8 Å². The minimum Gasteiger partial charge on any atom is -0.491 e. The van der Waals surface area contributed by atoms with Gasteiger partial charge in [0.05, 0.1) is 0 Å². The molecule has 21 heavy (non-hydrogen) atoms. The molecule has 0 spiro atoms. The maximum atomic E-state index is 10.1. The van der Waals surface area contributed by atoms with Crippen molar-refractivity contribution in [2.24, 2.45) is 11.1 Å². The highest BCUT2D eigenvalue weighted by Gasteiger charge is 2.27. The molecule has 0 aliphatic carbocycles. The summed E-state index contributed by atoms with van der Waals surface area (Å²) in [6.45, 7) is 8.26. The van der Waals surface area contributed by atoms with E-state index >= 15 is 0 Å². The van der Waals surface area contributed by atoms with E-state index in [0.29, 0.717) is 25.1 Å². The second-order valence-electron chi connectivity index (χ2n) is 6.82. The van der Waals surface area contributed by atoms with Gasteiger partial charge in [-0.15, -0.1) is 0 Å². The molecule has 1 aliphatic rings. The van der Waals surface area contributed by atoms with Crippen molar-refractivity contribution in [1.29, 1.82) is 0 Å². The van der Waals surface area contributed by atoms with Gasteiger partial charge in [0.25, 0.3) is 0 Å². The van der Waals surface area contributed by atoms with Crippen molar-refractivity contribution < 1.29 is 9.84 Å². The van der Waals surface area contributed by atoms with E-state index in [4.69, 9.17) is 10.5 Å². The molecule has 1 atom stereocenters. The Morgan fingerprint density at radius 2 is 2.05 bits per heavy atom. The van der Waals surface area contributed by atoms with Crippen molar-refractivity contribution in [2.45, 2.75) is 39.3 Å². The predicted molar refractivity (Wildman–Crippen MR) is 85.3 cm³/mol. The van der Waals surface area contributed by atoms with Gasteiger partial charge in [-0.05, 0) is 42.5 Å². The van der Waals surface area contributed by atoms with Crippen LogP contribution in [-0.2, 0) is 6.54 Å². The maximum Gasteiger partial charge on any atom is 0.119 e. The lowest BCUT2D eigenvalue weighted by Gasteiger charge is -2.38. The van der Waals surface area contributed by atoms with Crippen LogP contribution in [0.5, 0.6) is 5.75 Å².